The summed E-state index contributed by atoms with van der Waals surface area (Å²) in [4.78, 5) is 27.4. The largest absolute Gasteiger partial charge is 0.480 e. The van der Waals surface area contributed by atoms with Crippen LogP contribution in [0.15, 0.2) is 30.3 Å². The normalized spacial score (nSPS) is 21.7. The summed E-state index contributed by atoms with van der Waals surface area (Å²) in [6.45, 7) is 4.86. The smallest absolute Gasteiger partial charge is 0.326 e. The maximum absolute atomic E-state index is 12.9. The van der Waals surface area contributed by atoms with E-state index in [1.165, 1.54) is 12.1 Å². The van der Waals surface area contributed by atoms with E-state index in [1.807, 2.05) is 6.08 Å². The molecule has 1 N–H and O–H groups in total. The molecule has 0 unspecified atom stereocenters. The molecule has 3 rings (SSSR count). The number of hydrogen-bond donors (Lipinski definition) is 1. The van der Waals surface area contributed by atoms with Crippen LogP contribution in [-0.4, -0.2) is 59.0 Å². The zero-order chi connectivity index (χ0) is 19.4. The highest BCUT2D eigenvalue weighted by atomic mass is 19.1. The molecule has 1 aromatic carbocycles. The Morgan fingerprint density at radius 3 is 2.56 bits per heavy atom. The van der Waals surface area contributed by atoms with Gasteiger partial charge in [-0.15, -0.1) is 0 Å². The van der Waals surface area contributed by atoms with Crippen molar-refractivity contribution < 1.29 is 19.1 Å². The van der Waals surface area contributed by atoms with Crippen LogP contribution < -0.4 is 0 Å². The lowest BCUT2D eigenvalue weighted by atomic mass is 9.72. The highest BCUT2D eigenvalue weighted by Crippen LogP contribution is 2.40. The van der Waals surface area contributed by atoms with Gasteiger partial charge in [0.1, 0.15) is 11.9 Å². The first-order chi connectivity index (χ1) is 12.9. The van der Waals surface area contributed by atoms with Gasteiger partial charge in [0.15, 0.2) is 0 Å². The van der Waals surface area contributed by atoms with Crippen LogP contribution in [0.3, 0.4) is 0 Å². The van der Waals surface area contributed by atoms with Gasteiger partial charge in [0.2, 0.25) is 5.91 Å². The van der Waals surface area contributed by atoms with E-state index in [0.29, 0.717) is 13.0 Å². The molecular weight excluding hydrogens is 347 g/mol. The van der Waals surface area contributed by atoms with Gasteiger partial charge in [0.05, 0.1) is 0 Å². The Kier molecular flexibility index (Phi) is 5.95. The third-order valence-electron chi connectivity index (χ3n) is 5.98. The summed E-state index contributed by atoms with van der Waals surface area (Å²) in [5, 5.41) is 9.26. The molecule has 2 aliphatic heterocycles. The van der Waals surface area contributed by atoms with E-state index < -0.39 is 12.0 Å². The summed E-state index contributed by atoms with van der Waals surface area (Å²) in [7, 11) is 0. The predicted molar refractivity (Wildman–Crippen MR) is 102 cm³/mol. The Morgan fingerprint density at radius 1 is 1.26 bits per heavy atom. The molecule has 146 valence electrons. The zero-order valence-electron chi connectivity index (χ0n) is 15.7. The van der Waals surface area contributed by atoms with Gasteiger partial charge in [-0.2, -0.15) is 0 Å². The Balaban J connectivity index is 1.52. The number of aliphatic carboxylic acids is 1. The predicted octanol–water partition coefficient (Wildman–Crippen LogP) is 3.02. The lowest BCUT2D eigenvalue weighted by Crippen LogP contribution is -2.55. The van der Waals surface area contributed by atoms with Crippen molar-refractivity contribution in [3.63, 3.8) is 0 Å². The van der Waals surface area contributed by atoms with E-state index >= 15 is 0 Å². The van der Waals surface area contributed by atoms with Gasteiger partial charge in [-0.05, 0) is 62.4 Å². The number of carbonyl (C=O) groups is 2. The SMILES string of the molecule is C[C@@H](C(=O)O)N1CC2(CCC1=O)CCN(C/C=C/c1ccc(F)cc1)CC2. The summed E-state index contributed by atoms with van der Waals surface area (Å²) in [6, 6.07) is 5.67. The van der Waals surface area contributed by atoms with Crippen LogP contribution in [-0.2, 0) is 9.59 Å². The molecule has 0 aromatic heterocycles. The lowest BCUT2D eigenvalue weighted by molar-refractivity contribution is -0.154. The van der Waals surface area contributed by atoms with Gasteiger partial charge in [0, 0.05) is 19.5 Å². The number of carboxylic acid groups (broad SMARTS) is 1. The Labute approximate surface area is 159 Å². The average molecular weight is 374 g/mol. The van der Waals surface area contributed by atoms with Gasteiger partial charge >= 0.3 is 5.97 Å². The second-order valence-corrected chi connectivity index (χ2v) is 7.79. The molecule has 5 nitrogen and oxygen atoms in total. The van der Waals surface area contributed by atoms with E-state index in [9.17, 15) is 19.1 Å². The highest BCUT2D eigenvalue weighted by Gasteiger charge is 2.43. The third kappa shape index (κ3) is 4.75. The maximum Gasteiger partial charge on any atom is 0.326 e. The monoisotopic (exact) mass is 374 g/mol. The molecular formula is C21H27FN2O3. The first-order valence-electron chi connectivity index (χ1n) is 9.55. The summed E-state index contributed by atoms with van der Waals surface area (Å²) >= 11 is 0. The van der Waals surface area contributed by atoms with E-state index in [-0.39, 0.29) is 17.1 Å². The van der Waals surface area contributed by atoms with Gasteiger partial charge in [0.25, 0.3) is 0 Å². The van der Waals surface area contributed by atoms with Crippen molar-refractivity contribution in [2.24, 2.45) is 5.41 Å². The minimum atomic E-state index is -0.941. The first kappa shape index (κ1) is 19.5. The number of carboxylic acids is 1. The summed E-state index contributed by atoms with van der Waals surface area (Å²) < 4.78 is 12.9. The van der Waals surface area contributed by atoms with Crippen molar-refractivity contribution in [2.75, 3.05) is 26.2 Å². The number of piperidine rings is 2. The van der Waals surface area contributed by atoms with Crippen molar-refractivity contribution >= 4 is 18.0 Å². The zero-order valence-corrected chi connectivity index (χ0v) is 15.7. The highest BCUT2D eigenvalue weighted by molar-refractivity contribution is 5.84. The van der Waals surface area contributed by atoms with Crippen LogP contribution in [0.4, 0.5) is 4.39 Å². The molecule has 0 radical (unpaired) electrons. The maximum atomic E-state index is 12.9. The number of hydrogen-bond acceptors (Lipinski definition) is 3. The van der Waals surface area contributed by atoms with Gasteiger partial charge in [-0.25, -0.2) is 9.18 Å². The van der Waals surface area contributed by atoms with Crippen LogP contribution in [0.2, 0.25) is 0 Å². The second kappa shape index (κ2) is 8.21. The minimum Gasteiger partial charge on any atom is -0.480 e. The van der Waals surface area contributed by atoms with Crippen LogP contribution >= 0.6 is 0 Å². The first-order valence-corrected chi connectivity index (χ1v) is 9.55. The van der Waals surface area contributed by atoms with E-state index in [2.05, 4.69) is 11.0 Å². The quantitative estimate of drug-likeness (QED) is 0.861. The van der Waals surface area contributed by atoms with Crippen molar-refractivity contribution in [1.29, 1.82) is 0 Å². The molecule has 2 fully saturated rings. The standard InChI is InChI=1S/C21H27FN2O3/c1-16(20(26)27)24-15-21(9-8-19(24)25)10-13-23(14-11-21)12-2-3-17-4-6-18(22)7-5-17/h2-7,16H,8-15H2,1H3,(H,26,27)/b3-2+/t16-/m0/s1. The number of nitrogens with zero attached hydrogens (tertiary/aromatic N) is 2. The van der Waals surface area contributed by atoms with Crippen molar-refractivity contribution in [2.45, 2.75) is 38.6 Å². The fourth-order valence-electron chi connectivity index (χ4n) is 4.06. The van der Waals surface area contributed by atoms with Gasteiger partial charge < -0.3 is 10.0 Å². The number of likely N-dealkylation sites (tertiary alicyclic amines) is 2. The summed E-state index contributed by atoms with van der Waals surface area (Å²) in [6.07, 6.45) is 7.35. The fourth-order valence-corrected chi connectivity index (χ4v) is 4.06. The van der Waals surface area contributed by atoms with E-state index in [4.69, 9.17) is 0 Å². The summed E-state index contributed by atoms with van der Waals surface area (Å²) in [5.74, 6) is -1.21. The average Bonchev–Trinajstić information content (AvgIpc) is 2.66. The van der Waals surface area contributed by atoms with Crippen molar-refractivity contribution in [3.05, 3.63) is 41.7 Å². The van der Waals surface area contributed by atoms with E-state index in [0.717, 1.165) is 44.5 Å². The van der Waals surface area contributed by atoms with Crippen molar-refractivity contribution in [3.8, 4) is 0 Å². The van der Waals surface area contributed by atoms with Crippen LogP contribution in [0, 0.1) is 11.2 Å². The third-order valence-corrected chi connectivity index (χ3v) is 5.98. The Hall–Kier alpha value is -2.21. The van der Waals surface area contributed by atoms with Crippen LogP contribution in [0.25, 0.3) is 6.08 Å². The van der Waals surface area contributed by atoms with Crippen LogP contribution in [0.5, 0.6) is 0 Å². The lowest BCUT2D eigenvalue weighted by Gasteiger charge is -2.48. The molecule has 1 atom stereocenters. The molecule has 0 bridgehead atoms. The Bertz CT molecular complexity index is 709. The molecule has 2 aliphatic rings. The molecule has 1 aromatic rings. The van der Waals surface area contributed by atoms with Crippen molar-refractivity contribution in [1.82, 2.24) is 9.80 Å². The van der Waals surface area contributed by atoms with E-state index in [1.54, 1.807) is 24.0 Å². The number of amides is 1. The number of halogens is 1. The molecule has 0 aliphatic carbocycles. The van der Waals surface area contributed by atoms with Crippen LogP contribution in [0.1, 0.15) is 38.2 Å². The topological polar surface area (TPSA) is 60.9 Å². The molecule has 1 spiro atoms. The minimum absolute atomic E-state index is 0.0415. The molecule has 0 saturated carbocycles. The molecule has 1 amide bonds. The molecule has 2 saturated heterocycles. The molecule has 2 heterocycles. The van der Waals surface area contributed by atoms with Gasteiger partial charge in [-0.3, -0.25) is 9.69 Å². The molecule has 6 heteroatoms. The molecule has 27 heavy (non-hydrogen) atoms. The number of rotatable bonds is 5. The fraction of sp³-hybridized carbons (Fsp3) is 0.524. The number of carbonyl (C=O) groups excluding carboxylic acids is 1. The summed E-state index contributed by atoms with van der Waals surface area (Å²) in [5.41, 5.74) is 1.03. The van der Waals surface area contributed by atoms with Gasteiger partial charge in [-0.1, -0.05) is 24.3 Å². The Morgan fingerprint density at radius 2 is 1.93 bits per heavy atom. The second-order valence-electron chi connectivity index (χ2n) is 7.79. The number of benzene rings is 1.